The van der Waals surface area contributed by atoms with Gasteiger partial charge in [0.25, 0.3) is 0 Å². The van der Waals surface area contributed by atoms with Crippen LogP contribution in [0.5, 0.6) is 0 Å². The Hall–Kier alpha value is -3.13. The van der Waals surface area contributed by atoms with Gasteiger partial charge in [0, 0.05) is 6.42 Å². The Kier molecular flexibility index (Phi) is 4.42. The van der Waals surface area contributed by atoms with Gasteiger partial charge in [0.15, 0.2) is 0 Å². The Morgan fingerprint density at radius 1 is 0.880 bits per heavy atom. The van der Waals surface area contributed by atoms with Crippen LogP contribution in [0.25, 0.3) is 10.8 Å². The molecule has 0 aliphatic heterocycles. The van der Waals surface area contributed by atoms with Crippen molar-refractivity contribution in [3.05, 3.63) is 102 Å². The Morgan fingerprint density at radius 3 is 2.48 bits per heavy atom. The van der Waals surface area contributed by atoms with Gasteiger partial charge in [-0.25, -0.2) is 0 Å². The first-order valence-corrected chi connectivity index (χ1v) is 8.60. The lowest BCUT2D eigenvalue weighted by atomic mass is 10.0. The molecule has 3 aromatic carbocycles. The fourth-order valence-electron chi connectivity index (χ4n) is 3.07. The van der Waals surface area contributed by atoms with Crippen molar-refractivity contribution in [2.75, 3.05) is 5.43 Å². The van der Waals surface area contributed by atoms with Gasteiger partial charge in [-0.05, 0) is 34.9 Å². The summed E-state index contributed by atoms with van der Waals surface area (Å²) in [7, 11) is 0. The summed E-state index contributed by atoms with van der Waals surface area (Å²) < 4.78 is 0. The highest BCUT2D eigenvalue weighted by Crippen LogP contribution is 2.21. The van der Waals surface area contributed by atoms with Crippen molar-refractivity contribution in [3.63, 3.8) is 0 Å². The van der Waals surface area contributed by atoms with Crippen molar-refractivity contribution < 1.29 is 0 Å². The number of rotatable bonds is 5. The molecular weight excluding hydrogens is 304 g/mol. The predicted octanol–water partition coefficient (Wildman–Crippen LogP) is 5.93. The molecular formula is C23H20N2. The molecule has 0 spiro atoms. The molecule has 0 saturated carbocycles. The van der Waals surface area contributed by atoms with E-state index < -0.39 is 0 Å². The summed E-state index contributed by atoms with van der Waals surface area (Å²) in [5, 5.41) is 7.19. The Morgan fingerprint density at radius 2 is 1.68 bits per heavy atom. The van der Waals surface area contributed by atoms with E-state index >= 15 is 0 Å². The molecule has 3 aromatic rings. The summed E-state index contributed by atoms with van der Waals surface area (Å²) in [6, 6.07) is 25.1. The third-order valence-electron chi connectivity index (χ3n) is 4.42. The lowest BCUT2D eigenvalue weighted by molar-refractivity contribution is 1.15. The maximum atomic E-state index is 4.73. The summed E-state index contributed by atoms with van der Waals surface area (Å²) in [5.41, 5.74) is 7.86. The van der Waals surface area contributed by atoms with Crippen LogP contribution in [0.4, 0.5) is 5.69 Å². The second-order valence-electron chi connectivity index (χ2n) is 6.23. The van der Waals surface area contributed by atoms with E-state index in [2.05, 4.69) is 90.4 Å². The first-order valence-electron chi connectivity index (χ1n) is 8.60. The van der Waals surface area contributed by atoms with Gasteiger partial charge in [-0.2, -0.15) is 5.10 Å². The van der Waals surface area contributed by atoms with Crippen LogP contribution in [0, 0.1) is 0 Å². The van der Waals surface area contributed by atoms with Gasteiger partial charge in [0.1, 0.15) is 0 Å². The van der Waals surface area contributed by atoms with Crippen molar-refractivity contribution in [3.8, 4) is 0 Å². The topological polar surface area (TPSA) is 24.4 Å². The van der Waals surface area contributed by atoms with Crippen LogP contribution in [0.1, 0.15) is 18.4 Å². The van der Waals surface area contributed by atoms with Crippen LogP contribution in [0.3, 0.4) is 0 Å². The van der Waals surface area contributed by atoms with Gasteiger partial charge in [-0.3, -0.25) is 5.43 Å². The number of nitrogens with one attached hydrogen (secondary N) is 1. The minimum atomic E-state index is 0.859. The predicted molar refractivity (Wildman–Crippen MR) is 107 cm³/mol. The smallest absolute Gasteiger partial charge is 0.0719 e. The molecule has 0 heterocycles. The minimum Gasteiger partial charge on any atom is -0.278 e. The highest BCUT2D eigenvalue weighted by Gasteiger charge is 2.08. The number of anilines is 1. The second kappa shape index (κ2) is 7.18. The first kappa shape index (κ1) is 15.4. The number of hydrazone groups is 1. The van der Waals surface area contributed by atoms with Crippen LogP contribution in [0.15, 0.2) is 102 Å². The van der Waals surface area contributed by atoms with E-state index in [9.17, 15) is 0 Å². The number of nitrogens with zero attached hydrogens (tertiary/aromatic N) is 1. The molecule has 0 fully saturated rings. The van der Waals surface area contributed by atoms with Crippen LogP contribution in [-0.2, 0) is 0 Å². The molecule has 1 aliphatic rings. The minimum absolute atomic E-state index is 0.859. The molecule has 25 heavy (non-hydrogen) atoms. The molecule has 0 aromatic heterocycles. The molecule has 0 unspecified atom stereocenters. The zero-order valence-corrected chi connectivity index (χ0v) is 14.0. The number of hydrogen-bond acceptors (Lipinski definition) is 2. The number of fused-ring (bicyclic) bond motifs is 1. The van der Waals surface area contributed by atoms with E-state index in [0.717, 1.165) is 29.8 Å². The lowest BCUT2D eigenvalue weighted by Gasteiger charge is -2.10. The average Bonchev–Trinajstić information content (AvgIpc) is 3.19. The van der Waals surface area contributed by atoms with E-state index in [4.69, 9.17) is 5.10 Å². The Balaban J connectivity index is 1.61. The molecule has 122 valence electrons. The monoisotopic (exact) mass is 324 g/mol. The van der Waals surface area contributed by atoms with E-state index in [1.807, 2.05) is 6.07 Å². The first-order chi connectivity index (χ1) is 12.4. The maximum Gasteiger partial charge on any atom is 0.0719 e. The van der Waals surface area contributed by atoms with Gasteiger partial charge < -0.3 is 0 Å². The molecule has 0 bridgehead atoms. The van der Waals surface area contributed by atoms with Gasteiger partial charge in [-0.1, -0.05) is 84.5 Å². The van der Waals surface area contributed by atoms with Gasteiger partial charge in [0.05, 0.1) is 11.4 Å². The highest BCUT2D eigenvalue weighted by atomic mass is 15.3. The summed E-state index contributed by atoms with van der Waals surface area (Å²) in [6.07, 6.45) is 8.37. The lowest BCUT2D eigenvalue weighted by Crippen LogP contribution is -2.05. The van der Waals surface area contributed by atoms with Crippen molar-refractivity contribution in [1.29, 1.82) is 0 Å². The Labute approximate surface area is 148 Å². The van der Waals surface area contributed by atoms with Crippen molar-refractivity contribution >= 4 is 22.2 Å². The summed E-state index contributed by atoms with van der Waals surface area (Å²) in [4.78, 5) is 0. The molecule has 4 rings (SSSR count). The van der Waals surface area contributed by atoms with E-state index in [-0.39, 0.29) is 0 Å². The average molecular weight is 324 g/mol. The largest absolute Gasteiger partial charge is 0.278 e. The van der Waals surface area contributed by atoms with Crippen molar-refractivity contribution in [2.45, 2.75) is 12.8 Å². The normalized spacial score (nSPS) is 13.9. The molecule has 1 N–H and O–H groups in total. The highest BCUT2D eigenvalue weighted by molar-refractivity contribution is 6.02. The number of hydrogen-bond donors (Lipinski definition) is 1. The van der Waals surface area contributed by atoms with E-state index in [1.54, 1.807) is 0 Å². The zero-order chi connectivity index (χ0) is 16.9. The van der Waals surface area contributed by atoms with E-state index in [0.29, 0.717) is 0 Å². The van der Waals surface area contributed by atoms with Crippen LogP contribution >= 0.6 is 0 Å². The van der Waals surface area contributed by atoms with Crippen molar-refractivity contribution in [2.24, 2.45) is 5.10 Å². The fraction of sp³-hybridized carbons (Fsp3) is 0.0870. The Bertz CT molecular complexity index is 966. The number of benzene rings is 3. The number of allylic oxidation sites excluding steroid dienone is 4. The fourth-order valence-corrected chi connectivity index (χ4v) is 3.07. The van der Waals surface area contributed by atoms with Crippen LogP contribution in [0.2, 0.25) is 0 Å². The molecule has 0 radical (unpaired) electrons. The SMILES string of the molecule is C1=CCC(CC(=NNc2ccc3ccccc3c2)c2ccccc2)=C1. The third kappa shape index (κ3) is 3.69. The zero-order valence-electron chi connectivity index (χ0n) is 14.0. The molecule has 0 amide bonds. The van der Waals surface area contributed by atoms with Crippen LogP contribution in [-0.4, -0.2) is 5.71 Å². The quantitative estimate of drug-likeness (QED) is 0.456. The molecule has 2 nitrogen and oxygen atoms in total. The summed E-state index contributed by atoms with van der Waals surface area (Å²) in [5.74, 6) is 0. The van der Waals surface area contributed by atoms with Gasteiger partial charge in [-0.15, -0.1) is 0 Å². The summed E-state index contributed by atoms with van der Waals surface area (Å²) in [6.45, 7) is 0. The molecule has 0 atom stereocenters. The van der Waals surface area contributed by atoms with E-state index in [1.165, 1.54) is 16.3 Å². The maximum absolute atomic E-state index is 4.73. The van der Waals surface area contributed by atoms with Gasteiger partial charge in [0.2, 0.25) is 0 Å². The third-order valence-corrected chi connectivity index (χ3v) is 4.42. The van der Waals surface area contributed by atoms with Crippen molar-refractivity contribution in [1.82, 2.24) is 0 Å². The standard InChI is InChI=1S/C23H20N2/c1-2-11-20(12-3-1)23(16-18-8-4-5-9-18)25-24-22-15-14-19-10-6-7-13-21(19)17-22/h1-8,10-15,17,24H,9,16H2. The summed E-state index contributed by atoms with van der Waals surface area (Å²) >= 11 is 0. The second-order valence-corrected chi connectivity index (χ2v) is 6.23. The van der Waals surface area contributed by atoms with Gasteiger partial charge >= 0.3 is 0 Å². The molecule has 1 aliphatic carbocycles. The molecule has 2 heteroatoms. The van der Waals surface area contributed by atoms with Crippen LogP contribution < -0.4 is 5.43 Å². The molecule has 0 saturated heterocycles.